The maximum atomic E-state index is 6.13. The van der Waals surface area contributed by atoms with Gasteiger partial charge in [0.1, 0.15) is 5.75 Å². The van der Waals surface area contributed by atoms with Crippen molar-refractivity contribution < 1.29 is 4.74 Å². The van der Waals surface area contributed by atoms with Crippen molar-refractivity contribution in [3.63, 3.8) is 0 Å². The van der Waals surface area contributed by atoms with Gasteiger partial charge in [0.05, 0.1) is 0 Å². The molecule has 5 heteroatoms. The van der Waals surface area contributed by atoms with Gasteiger partial charge in [-0.05, 0) is 44.9 Å². The number of aromatic nitrogens is 3. The normalized spacial score (nSPS) is 12.2. The maximum absolute atomic E-state index is 6.13. The van der Waals surface area contributed by atoms with E-state index >= 15 is 0 Å². The van der Waals surface area contributed by atoms with E-state index < -0.39 is 0 Å². The molecule has 3 rings (SSSR count). The summed E-state index contributed by atoms with van der Waals surface area (Å²) in [5.74, 6) is 2.59. The zero-order chi connectivity index (χ0) is 18.7. The molecule has 0 saturated heterocycles. The summed E-state index contributed by atoms with van der Waals surface area (Å²) in [6, 6.07) is 14.8. The van der Waals surface area contributed by atoms with E-state index in [1.807, 2.05) is 24.6 Å². The van der Waals surface area contributed by atoms with Crippen LogP contribution in [0.4, 0.5) is 0 Å². The predicted molar refractivity (Wildman–Crippen MR) is 107 cm³/mol. The van der Waals surface area contributed by atoms with Crippen molar-refractivity contribution in [2.75, 3.05) is 0 Å². The van der Waals surface area contributed by atoms with Crippen molar-refractivity contribution in [2.45, 2.75) is 44.7 Å². The highest BCUT2D eigenvalue weighted by Gasteiger charge is 2.18. The molecule has 0 fully saturated rings. The molecule has 4 nitrogen and oxygen atoms in total. The first kappa shape index (κ1) is 18.5. The number of thioether (sulfide) groups is 1. The highest BCUT2D eigenvalue weighted by molar-refractivity contribution is 7.98. The molecule has 0 aliphatic carbocycles. The first-order chi connectivity index (χ1) is 12.4. The summed E-state index contributed by atoms with van der Waals surface area (Å²) in [5, 5.41) is 9.60. The van der Waals surface area contributed by atoms with Crippen LogP contribution in [0, 0.1) is 20.8 Å². The van der Waals surface area contributed by atoms with Gasteiger partial charge in [-0.25, -0.2) is 0 Å². The molecule has 0 aliphatic rings. The Morgan fingerprint density at radius 3 is 2.54 bits per heavy atom. The molecule has 3 aromatic rings. The van der Waals surface area contributed by atoms with Gasteiger partial charge in [-0.3, -0.25) is 0 Å². The lowest BCUT2D eigenvalue weighted by Crippen LogP contribution is -2.10. The Kier molecular flexibility index (Phi) is 5.67. The summed E-state index contributed by atoms with van der Waals surface area (Å²) in [6.45, 7) is 8.27. The third-order valence-corrected chi connectivity index (χ3v) is 5.41. The molecule has 0 amide bonds. The average Bonchev–Trinajstić information content (AvgIpc) is 2.96. The van der Waals surface area contributed by atoms with Crippen LogP contribution < -0.4 is 4.74 Å². The summed E-state index contributed by atoms with van der Waals surface area (Å²) in [7, 11) is 2.00. The second kappa shape index (κ2) is 7.96. The molecule has 1 aromatic heterocycles. The van der Waals surface area contributed by atoms with Crippen molar-refractivity contribution >= 4 is 11.8 Å². The Bertz CT molecular complexity index is 904. The minimum atomic E-state index is -0.165. The molecule has 136 valence electrons. The van der Waals surface area contributed by atoms with Gasteiger partial charge in [0.2, 0.25) is 0 Å². The van der Waals surface area contributed by atoms with Crippen LogP contribution in [0.3, 0.4) is 0 Å². The highest BCUT2D eigenvalue weighted by Crippen LogP contribution is 2.27. The van der Waals surface area contributed by atoms with Crippen LogP contribution in [0.5, 0.6) is 5.75 Å². The van der Waals surface area contributed by atoms with E-state index in [2.05, 4.69) is 67.4 Å². The summed E-state index contributed by atoms with van der Waals surface area (Å²) in [4.78, 5) is 0. The summed E-state index contributed by atoms with van der Waals surface area (Å²) < 4.78 is 8.15. The van der Waals surface area contributed by atoms with Gasteiger partial charge in [0.15, 0.2) is 17.1 Å². The Morgan fingerprint density at radius 1 is 1.04 bits per heavy atom. The zero-order valence-corrected chi connectivity index (χ0v) is 16.8. The second-order valence-corrected chi connectivity index (χ2v) is 7.65. The SMILES string of the molecule is Cc1cccc(CSc2nnc(C(C)Oc3ccc(C)cc3C)n2C)c1. The van der Waals surface area contributed by atoms with Gasteiger partial charge >= 0.3 is 0 Å². The third-order valence-electron chi connectivity index (χ3n) is 4.32. The van der Waals surface area contributed by atoms with Crippen molar-refractivity contribution in [1.29, 1.82) is 0 Å². The van der Waals surface area contributed by atoms with Gasteiger partial charge in [0, 0.05) is 12.8 Å². The van der Waals surface area contributed by atoms with E-state index in [1.54, 1.807) is 11.8 Å². The van der Waals surface area contributed by atoms with Crippen LogP contribution in [0.2, 0.25) is 0 Å². The van der Waals surface area contributed by atoms with E-state index in [0.717, 1.165) is 28.0 Å². The molecule has 26 heavy (non-hydrogen) atoms. The van der Waals surface area contributed by atoms with Crippen molar-refractivity contribution in [1.82, 2.24) is 14.8 Å². The van der Waals surface area contributed by atoms with Crippen LogP contribution in [0.25, 0.3) is 0 Å². The molecule has 2 aromatic carbocycles. The van der Waals surface area contributed by atoms with Gasteiger partial charge in [0.25, 0.3) is 0 Å². The van der Waals surface area contributed by atoms with Crippen LogP contribution in [0.15, 0.2) is 47.6 Å². The lowest BCUT2D eigenvalue weighted by molar-refractivity contribution is 0.210. The summed E-state index contributed by atoms with van der Waals surface area (Å²) in [5.41, 5.74) is 4.93. The quantitative estimate of drug-likeness (QED) is 0.563. The fraction of sp³-hybridized carbons (Fsp3) is 0.333. The van der Waals surface area contributed by atoms with Crippen LogP contribution in [-0.2, 0) is 12.8 Å². The van der Waals surface area contributed by atoms with E-state index in [1.165, 1.54) is 16.7 Å². The number of benzene rings is 2. The van der Waals surface area contributed by atoms with Crippen molar-refractivity contribution in [3.8, 4) is 5.75 Å². The van der Waals surface area contributed by atoms with Gasteiger partial charge in [-0.15, -0.1) is 10.2 Å². The lowest BCUT2D eigenvalue weighted by Gasteiger charge is -2.16. The summed E-state index contributed by atoms with van der Waals surface area (Å²) in [6.07, 6.45) is -0.165. The van der Waals surface area contributed by atoms with Crippen LogP contribution in [0.1, 0.15) is 41.1 Å². The molecule has 1 unspecified atom stereocenters. The molecule has 0 radical (unpaired) electrons. The van der Waals surface area contributed by atoms with Gasteiger partial charge in [-0.1, -0.05) is 59.3 Å². The molecule has 0 aliphatic heterocycles. The fourth-order valence-corrected chi connectivity index (χ4v) is 3.79. The Labute approximate surface area is 159 Å². The summed E-state index contributed by atoms with van der Waals surface area (Å²) >= 11 is 1.69. The number of ether oxygens (including phenoxy) is 1. The average molecular weight is 368 g/mol. The first-order valence-corrected chi connectivity index (χ1v) is 9.74. The predicted octanol–water partition coefficient (Wildman–Crippen LogP) is 5.17. The number of aryl methyl sites for hydroxylation is 3. The van der Waals surface area contributed by atoms with Crippen LogP contribution in [-0.4, -0.2) is 14.8 Å². The van der Waals surface area contributed by atoms with E-state index in [4.69, 9.17) is 4.74 Å². The largest absolute Gasteiger partial charge is 0.482 e. The Morgan fingerprint density at radius 2 is 1.81 bits per heavy atom. The molecule has 0 bridgehead atoms. The lowest BCUT2D eigenvalue weighted by atomic mass is 10.1. The maximum Gasteiger partial charge on any atom is 0.191 e. The van der Waals surface area contributed by atoms with Gasteiger partial charge in [-0.2, -0.15) is 0 Å². The topological polar surface area (TPSA) is 39.9 Å². The second-order valence-electron chi connectivity index (χ2n) is 6.71. The van der Waals surface area contributed by atoms with Crippen molar-refractivity contribution in [3.05, 3.63) is 70.5 Å². The molecular formula is C21H25N3OS. The minimum Gasteiger partial charge on any atom is -0.482 e. The smallest absolute Gasteiger partial charge is 0.191 e. The zero-order valence-electron chi connectivity index (χ0n) is 16.0. The molecular weight excluding hydrogens is 342 g/mol. The standard InChI is InChI=1S/C21H25N3OS/c1-14-7-6-8-18(12-14)13-26-21-23-22-20(24(21)5)17(4)25-19-10-9-15(2)11-16(19)3/h6-12,17H,13H2,1-5H3. The van der Waals surface area contributed by atoms with Gasteiger partial charge < -0.3 is 9.30 Å². The number of hydrogen-bond acceptors (Lipinski definition) is 4. The first-order valence-electron chi connectivity index (χ1n) is 8.75. The number of rotatable bonds is 6. The molecule has 1 heterocycles. The molecule has 0 saturated carbocycles. The minimum absolute atomic E-state index is 0.165. The Hall–Kier alpha value is -2.27. The van der Waals surface area contributed by atoms with Crippen molar-refractivity contribution in [2.24, 2.45) is 7.05 Å². The molecule has 1 atom stereocenters. The monoisotopic (exact) mass is 367 g/mol. The highest BCUT2D eigenvalue weighted by atomic mass is 32.2. The van der Waals surface area contributed by atoms with E-state index in [-0.39, 0.29) is 6.10 Å². The van der Waals surface area contributed by atoms with Crippen LogP contribution >= 0.6 is 11.8 Å². The van der Waals surface area contributed by atoms with E-state index in [9.17, 15) is 0 Å². The fourth-order valence-electron chi connectivity index (χ4n) is 2.93. The Balaban J connectivity index is 1.69. The number of nitrogens with zero attached hydrogens (tertiary/aromatic N) is 3. The molecule has 0 spiro atoms. The molecule has 0 N–H and O–H groups in total. The third kappa shape index (κ3) is 4.28. The number of hydrogen-bond donors (Lipinski definition) is 0. The van der Waals surface area contributed by atoms with E-state index in [0.29, 0.717) is 0 Å².